The molecule has 1 aromatic heterocycles. The number of fused-ring (bicyclic) bond motifs is 1. The van der Waals surface area contributed by atoms with Crippen LogP contribution in [0, 0.1) is 11.6 Å². The minimum atomic E-state index is -1.11. The Bertz CT molecular complexity index is 1010. The van der Waals surface area contributed by atoms with Gasteiger partial charge in [-0.3, -0.25) is 4.79 Å². The maximum absolute atomic E-state index is 13.2. The zero-order valence-corrected chi connectivity index (χ0v) is 15.0. The molecule has 0 saturated heterocycles. The maximum atomic E-state index is 13.2. The van der Waals surface area contributed by atoms with Crippen molar-refractivity contribution in [2.24, 2.45) is 0 Å². The molecule has 8 heteroatoms. The number of amides is 1. The predicted octanol–water partition coefficient (Wildman–Crippen LogP) is 5.02. The monoisotopic (exact) mass is 395 g/mol. The second-order valence-electron chi connectivity index (χ2n) is 5.45. The molecule has 0 aliphatic rings. The molecule has 134 valence electrons. The largest absolute Gasteiger partial charge is 0.448 e. The molecule has 1 N–H and O–H groups in total. The first-order valence-electron chi connectivity index (χ1n) is 7.49. The number of benzene rings is 2. The van der Waals surface area contributed by atoms with Crippen molar-refractivity contribution in [3.8, 4) is 0 Å². The highest BCUT2D eigenvalue weighted by Crippen LogP contribution is 2.27. The molecule has 1 amide bonds. The molecule has 26 heavy (non-hydrogen) atoms. The lowest BCUT2D eigenvalue weighted by molar-refractivity contribution is -0.123. The lowest BCUT2D eigenvalue weighted by Gasteiger charge is -2.13. The van der Waals surface area contributed by atoms with Crippen molar-refractivity contribution in [2.45, 2.75) is 13.0 Å². The number of hydrogen-bond donors (Lipinski definition) is 1. The number of carbonyl (C=O) groups excluding carboxylic acids is 2. The second kappa shape index (κ2) is 7.39. The highest BCUT2D eigenvalue weighted by atomic mass is 35.5. The van der Waals surface area contributed by atoms with Crippen LogP contribution in [-0.2, 0) is 9.53 Å². The average molecular weight is 396 g/mol. The average Bonchev–Trinajstić information content (AvgIpc) is 3.00. The van der Waals surface area contributed by atoms with Crippen molar-refractivity contribution in [1.29, 1.82) is 0 Å². The summed E-state index contributed by atoms with van der Waals surface area (Å²) in [7, 11) is 0. The molecule has 0 radical (unpaired) electrons. The SMILES string of the molecule is C[C@H](OC(=O)c1cc2cc(F)ccc2s1)C(=O)Nc1ccc(F)cc1Cl. The molecule has 2 aromatic carbocycles. The number of ether oxygens (including phenoxy) is 1. The van der Waals surface area contributed by atoms with Gasteiger partial charge in [-0.1, -0.05) is 11.6 Å². The smallest absolute Gasteiger partial charge is 0.349 e. The number of carbonyl (C=O) groups is 2. The molecule has 0 unspecified atom stereocenters. The van der Waals surface area contributed by atoms with Gasteiger partial charge in [0.25, 0.3) is 5.91 Å². The molecule has 0 spiro atoms. The minimum Gasteiger partial charge on any atom is -0.448 e. The molecule has 4 nitrogen and oxygen atoms in total. The van der Waals surface area contributed by atoms with Crippen molar-refractivity contribution in [3.05, 3.63) is 64.0 Å². The molecule has 1 heterocycles. The van der Waals surface area contributed by atoms with Gasteiger partial charge in [-0.05, 0) is 54.8 Å². The summed E-state index contributed by atoms with van der Waals surface area (Å²) in [4.78, 5) is 24.6. The van der Waals surface area contributed by atoms with E-state index in [9.17, 15) is 18.4 Å². The van der Waals surface area contributed by atoms with Gasteiger partial charge in [0.15, 0.2) is 6.10 Å². The third kappa shape index (κ3) is 4.00. The van der Waals surface area contributed by atoms with E-state index in [0.717, 1.165) is 28.2 Å². The Morgan fingerprint density at radius 2 is 1.81 bits per heavy atom. The van der Waals surface area contributed by atoms with Crippen molar-refractivity contribution in [3.63, 3.8) is 0 Å². The summed E-state index contributed by atoms with van der Waals surface area (Å²) >= 11 is 6.99. The minimum absolute atomic E-state index is 0.0309. The van der Waals surface area contributed by atoms with Crippen LogP contribution in [0.1, 0.15) is 16.6 Å². The predicted molar refractivity (Wildman–Crippen MR) is 96.7 cm³/mol. The number of esters is 1. The van der Waals surface area contributed by atoms with Crippen LogP contribution in [0.15, 0.2) is 42.5 Å². The van der Waals surface area contributed by atoms with Crippen LogP contribution >= 0.6 is 22.9 Å². The summed E-state index contributed by atoms with van der Waals surface area (Å²) in [5.74, 6) is -2.24. The summed E-state index contributed by atoms with van der Waals surface area (Å²) in [6, 6.07) is 9.21. The van der Waals surface area contributed by atoms with Gasteiger partial charge in [-0.25, -0.2) is 13.6 Å². The fourth-order valence-electron chi connectivity index (χ4n) is 2.21. The molecule has 0 bridgehead atoms. The zero-order chi connectivity index (χ0) is 18.8. The highest BCUT2D eigenvalue weighted by Gasteiger charge is 2.21. The van der Waals surface area contributed by atoms with Gasteiger partial charge in [0.05, 0.1) is 10.7 Å². The van der Waals surface area contributed by atoms with E-state index in [4.69, 9.17) is 16.3 Å². The number of rotatable bonds is 4. The van der Waals surface area contributed by atoms with E-state index >= 15 is 0 Å². The van der Waals surface area contributed by atoms with E-state index in [1.54, 1.807) is 6.07 Å². The van der Waals surface area contributed by atoms with Crippen molar-refractivity contribution < 1.29 is 23.1 Å². The fraction of sp³-hybridized carbons (Fsp3) is 0.111. The summed E-state index contributed by atoms with van der Waals surface area (Å²) in [6.07, 6.45) is -1.11. The van der Waals surface area contributed by atoms with Gasteiger partial charge in [-0.2, -0.15) is 0 Å². The molecule has 3 aromatic rings. The van der Waals surface area contributed by atoms with E-state index in [0.29, 0.717) is 5.39 Å². The summed E-state index contributed by atoms with van der Waals surface area (Å²) in [5.41, 5.74) is 0.207. The van der Waals surface area contributed by atoms with E-state index in [2.05, 4.69) is 5.32 Å². The summed E-state index contributed by atoms with van der Waals surface area (Å²) in [6.45, 7) is 1.40. The molecule has 3 rings (SSSR count). The third-order valence-corrected chi connectivity index (χ3v) is 4.93. The quantitative estimate of drug-likeness (QED) is 0.631. The van der Waals surface area contributed by atoms with Crippen molar-refractivity contribution >= 4 is 50.6 Å². The molecular formula is C18H12ClF2NO3S. The highest BCUT2D eigenvalue weighted by molar-refractivity contribution is 7.20. The third-order valence-electron chi connectivity index (χ3n) is 3.52. The van der Waals surface area contributed by atoms with Crippen molar-refractivity contribution in [1.82, 2.24) is 0 Å². The van der Waals surface area contributed by atoms with Crippen LogP contribution in [0.3, 0.4) is 0 Å². The number of nitrogens with one attached hydrogen (secondary N) is 1. The van der Waals surface area contributed by atoms with Crippen molar-refractivity contribution in [2.75, 3.05) is 5.32 Å². The number of thiophene rings is 1. The Labute approximate surface area is 156 Å². The molecule has 0 aliphatic carbocycles. The van der Waals surface area contributed by atoms with Crippen LogP contribution < -0.4 is 5.32 Å². The number of anilines is 1. The topological polar surface area (TPSA) is 55.4 Å². The zero-order valence-electron chi connectivity index (χ0n) is 13.4. The van der Waals surface area contributed by atoms with Crippen LogP contribution in [0.25, 0.3) is 10.1 Å². The molecule has 0 saturated carbocycles. The van der Waals surface area contributed by atoms with Crippen LogP contribution in [0.5, 0.6) is 0 Å². The number of hydrogen-bond acceptors (Lipinski definition) is 4. The molecular weight excluding hydrogens is 384 g/mol. The van der Waals surface area contributed by atoms with Crippen LogP contribution in [0.4, 0.5) is 14.5 Å². The Hall–Kier alpha value is -2.51. The standard InChI is InChI=1S/C18H12ClF2NO3S/c1-9(17(23)22-14-4-2-12(21)8-13(14)19)25-18(24)16-7-10-6-11(20)3-5-15(10)26-16/h2-9H,1H3,(H,22,23)/t9-/m0/s1. The first-order valence-corrected chi connectivity index (χ1v) is 8.69. The second-order valence-corrected chi connectivity index (χ2v) is 6.94. The first-order chi connectivity index (χ1) is 12.3. The number of halogens is 3. The van der Waals surface area contributed by atoms with Gasteiger partial charge in [-0.15, -0.1) is 11.3 Å². The summed E-state index contributed by atoms with van der Waals surface area (Å²) < 4.78 is 32.1. The van der Waals surface area contributed by atoms with Crippen LogP contribution in [-0.4, -0.2) is 18.0 Å². The van der Waals surface area contributed by atoms with E-state index in [1.807, 2.05) is 0 Å². The Morgan fingerprint density at radius 1 is 1.12 bits per heavy atom. The Kier molecular flexibility index (Phi) is 5.20. The molecule has 1 atom stereocenters. The van der Waals surface area contributed by atoms with E-state index in [1.165, 1.54) is 31.2 Å². The van der Waals surface area contributed by atoms with Crippen LogP contribution in [0.2, 0.25) is 5.02 Å². The molecule has 0 aliphatic heterocycles. The van der Waals surface area contributed by atoms with Gasteiger partial charge in [0.2, 0.25) is 0 Å². The maximum Gasteiger partial charge on any atom is 0.349 e. The summed E-state index contributed by atoms with van der Waals surface area (Å²) in [5, 5.41) is 3.08. The Balaban J connectivity index is 1.68. The fourth-order valence-corrected chi connectivity index (χ4v) is 3.35. The molecule has 0 fully saturated rings. The lowest BCUT2D eigenvalue weighted by atomic mass is 10.2. The first kappa shape index (κ1) is 18.3. The van der Waals surface area contributed by atoms with Gasteiger partial charge < -0.3 is 10.1 Å². The van der Waals surface area contributed by atoms with Gasteiger partial charge in [0.1, 0.15) is 16.5 Å². The lowest BCUT2D eigenvalue weighted by Crippen LogP contribution is -2.29. The van der Waals surface area contributed by atoms with E-state index < -0.39 is 29.6 Å². The van der Waals surface area contributed by atoms with Gasteiger partial charge >= 0.3 is 5.97 Å². The Morgan fingerprint density at radius 3 is 2.54 bits per heavy atom. The van der Waals surface area contributed by atoms with Gasteiger partial charge in [0, 0.05) is 4.70 Å². The normalized spacial score (nSPS) is 12.0. The van der Waals surface area contributed by atoms with E-state index in [-0.39, 0.29) is 15.6 Å².